The lowest BCUT2D eigenvalue weighted by atomic mass is 10.2. The number of hydrogen-bond acceptors (Lipinski definition) is 4. The molecule has 0 saturated heterocycles. The van der Waals surface area contributed by atoms with Gasteiger partial charge in [0.2, 0.25) is 0 Å². The summed E-state index contributed by atoms with van der Waals surface area (Å²) in [6, 6.07) is 11.8. The third-order valence-corrected chi connectivity index (χ3v) is 2.72. The van der Waals surface area contributed by atoms with E-state index >= 15 is 0 Å². The molecule has 0 fully saturated rings. The van der Waals surface area contributed by atoms with Gasteiger partial charge >= 0.3 is 0 Å². The number of hydrogen-bond donors (Lipinski definition) is 2. The van der Waals surface area contributed by atoms with E-state index in [4.69, 9.17) is 11.1 Å². The predicted molar refractivity (Wildman–Crippen MR) is 76.1 cm³/mol. The van der Waals surface area contributed by atoms with Crippen molar-refractivity contribution in [3.05, 3.63) is 54.6 Å². The molecule has 5 heteroatoms. The van der Waals surface area contributed by atoms with Gasteiger partial charge in [-0.25, -0.2) is 9.97 Å². The van der Waals surface area contributed by atoms with E-state index in [2.05, 4.69) is 14.9 Å². The van der Waals surface area contributed by atoms with Crippen LogP contribution in [0.1, 0.15) is 12.2 Å². The van der Waals surface area contributed by atoms with Crippen LogP contribution in [0.15, 0.2) is 48.8 Å². The second kappa shape index (κ2) is 6.49. The average Bonchev–Trinajstić information content (AvgIpc) is 2.45. The highest BCUT2D eigenvalue weighted by Crippen LogP contribution is 2.15. The van der Waals surface area contributed by atoms with Crippen molar-refractivity contribution in [3.63, 3.8) is 0 Å². The van der Waals surface area contributed by atoms with Gasteiger partial charge in [0.15, 0.2) is 0 Å². The Morgan fingerprint density at radius 3 is 2.42 bits per heavy atom. The first-order chi connectivity index (χ1) is 9.25. The molecule has 0 unspecified atom stereocenters. The highest BCUT2D eigenvalue weighted by Gasteiger charge is 2.08. The molecule has 1 heterocycles. The van der Waals surface area contributed by atoms with Crippen LogP contribution < -0.4 is 10.6 Å². The zero-order chi connectivity index (χ0) is 13.5. The maximum atomic E-state index is 7.35. The van der Waals surface area contributed by atoms with Crippen LogP contribution in [0, 0.1) is 5.41 Å². The van der Waals surface area contributed by atoms with Crippen LogP contribution in [-0.2, 0) is 6.54 Å². The fourth-order valence-electron chi connectivity index (χ4n) is 1.78. The number of benzene rings is 1. The van der Waals surface area contributed by atoms with Crippen LogP contribution in [0.4, 0.5) is 5.69 Å². The smallest absolute Gasteiger partial charge is 0.147 e. The molecule has 0 aliphatic heterocycles. The molecule has 5 nitrogen and oxygen atoms in total. The lowest BCUT2D eigenvalue weighted by Crippen LogP contribution is -2.28. The number of para-hydroxylation sites is 1. The molecule has 3 N–H and O–H groups in total. The van der Waals surface area contributed by atoms with Gasteiger partial charge in [-0.2, -0.15) is 0 Å². The molecule has 2 rings (SSSR count). The van der Waals surface area contributed by atoms with Gasteiger partial charge in [0.25, 0.3) is 0 Å². The zero-order valence-electron chi connectivity index (χ0n) is 10.7. The number of nitrogens with one attached hydrogen (secondary N) is 1. The number of nitrogens with two attached hydrogens (primary N) is 1. The van der Waals surface area contributed by atoms with Gasteiger partial charge in [-0.1, -0.05) is 18.2 Å². The molecule has 0 aliphatic rings. The summed E-state index contributed by atoms with van der Waals surface area (Å²) in [4.78, 5) is 10.6. The summed E-state index contributed by atoms with van der Waals surface area (Å²) in [6.07, 6.45) is 3.99. The van der Waals surface area contributed by atoms with E-state index in [0.29, 0.717) is 19.5 Å². The standard InChI is InChI=1S/C14H17N5/c15-13(16)7-10-19(12-5-2-1-3-6-12)11-14-17-8-4-9-18-14/h1-6,8-9H,7,10-11H2,(H3,15,16). The molecular formula is C14H17N5. The van der Waals surface area contributed by atoms with E-state index in [0.717, 1.165) is 11.5 Å². The van der Waals surface area contributed by atoms with E-state index < -0.39 is 0 Å². The summed E-state index contributed by atoms with van der Waals surface area (Å²) in [7, 11) is 0. The first-order valence-corrected chi connectivity index (χ1v) is 6.14. The van der Waals surface area contributed by atoms with Crippen molar-refractivity contribution in [3.8, 4) is 0 Å². The third-order valence-electron chi connectivity index (χ3n) is 2.72. The minimum Gasteiger partial charge on any atom is -0.388 e. The van der Waals surface area contributed by atoms with Gasteiger partial charge < -0.3 is 10.6 Å². The molecule has 0 aliphatic carbocycles. The molecule has 19 heavy (non-hydrogen) atoms. The minimum atomic E-state index is 0.190. The van der Waals surface area contributed by atoms with Crippen LogP contribution in [0.2, 0.25) is 0 Å². The lowest BCUT2D eigenvalue weighted by molar-refractivity contribution is 0.760. The van der Waals surface area contributed by atoms with E-state index in [-0.39, 0.29) is 5.84 Å². The Balaban J connectivity index is 2.12. The SMILES string of the molecule is N=C(N)CCN(Cc1ncccn1)c1ccccc1. The number of rotatable bonds is 6. The fourth-order valence-corrected chi connectivity index (χ4v) is 1.78. The Morgan fingerprint density at radius 1 is 1.11 bits per heavy atom. The Bertz CT molecular complexity index is 512. The Labute approximate surface area is 112 Å². The molecule has 1 aromatic heterocycles. The summed E-state index contributed by atoms with van der Waals surface area (Å²) < 4.78 is 0. The first kappa shape index (κ1) is 13.0. The Kier molecular flexibility index (Phi) is 4.44. The van der Waals surface area contributed by atoms with Crippen molar-refractivity contribution in [1.29, 1.82) is 5.41 Å². The van der Waals surface area contributed by atoms with Crippen molar-refractivity contribution in [1.82, 2.24) is 9.97 Å². The van der Waals surface area contributed by atoms with E-state index in [1.54, 1.807) is 18.5 Å². The summed E-state index contributed by atoms with van der Waals surface area (Å²) in [6.45, 7) is 1.29. The fraction of sp³-hybridized carbons (Fsp3) is 0.214. The molecule has 2 aromatic rings. The predicted octanol–water partition coefficient (Wildman–Crippen LogP) is 1.81. The topological polar surface area (TPSA) is 78.9 Å². The maximum Gasteiger partial charge on any atom is 0.147 e. The molecule has 0 radical (unpaired) electrons. The maximum absolute atomic E-state index is 7.35. The van der Waals surface area contributed by atoms with Gasteiger partial charge in [0.1, 0.15) is 5.82 Å². The monoisotopic (exact) mass is 255 g/mol. The van der Waals surface area contributed by atoms with Gasteiger partial charge in [0, 0.05) is 31.0 Å². The summed E-state index contributed by atoms with van der Waals surface area (Å²) >= 11 is 0. The molecule has 0 spiro atoms. The largest absolute Gasteiger partial charge is 0.388 e. The van der Waals surface area contributed by atoms with Crippen molar-refractivity contribution in [2.45, 2.75) is 13.0 Å². The van der Waals surface area contributed by atoms with Crippen LogP contribution >= 0.6 is 0 Å². The Hall–Kier alpha value is -2.43. The van der Waals surface area contributed by atoms with Gasteiger partial charge in [-0.05, 0) is 18.2 Å². The molecular weight excluding hydrogens is 238 g/mol. The number of nitrogens with zero attached hydrogens (tertiary/aromatic N) is 3. The quantitative estimate of drug-likeness (QED) is 0.609. The molecule has 0 amide bonds. The van der Waals surface area contributed by atoms with Crippen molar-refractivity contribution in [2.75, 3.05) is 11.4 Å². The average molecular weight is 255 g/mol. The van der Waals surface area contributed by atoms with Crippen LogP contribution in [-0.4, -0.2) is 22.3 Å². The second-order valence-corrected chi connectivity index (χ2v) is 4.20. The molecule has 0 saturated carbocycles. The molecule has 1 aromatic carbocycles. The first-order valence-electron chi connectivity index (χ1n) is 6.14. The summed E-state index contributed by atoms with van der Waals surface area (Å²) in [5, 5.41) is 7.35. The Morgan fingerprint density at radius 2 is 1.79 bits per heavy atom. The molecule has 0 atom stereocenters. The van der Waals surface area contributed by atoms with E-state index in [1.165, 1.54) is 0 Å². The van der Waals surface area contributed by atoms with Crippen molar-refractivity contribution >= 4 is 11.5 Å². The van der Waals surface area contributed by atoms with Crippen LogP contribution in [0.25, 0.3) is 0 Å². The highest BCUT2D eigenvalue weighted by molar-refractivity contribution is 5.77. The van der Waals surface area contributed by atoms with E-state index in [1.807, 2.05) is 30.3 Å². The molecule has 0 bridgehead atoms. The van der Waals surface area contributed by atoms with Gasteiger partial charge in [-0.15, -0.1) is 0 Å². The van der Waals surface area contributed by atoms with Gasteiger partial charge in [-0.3, -0.25) is 5.41 Å². The van der Waals surface area contributed by atoms with E-state index in [9.17, 15) is 0 Å². The van der Waals surface area contributed by atoms with Crippen molar-refractivity contribution < 1.29 is 0 Å². The number of anilines is 1. The van der Waals surface area contributed by atoms with Crippen molar-refractivity contribution in [2.24, 2.45) is 5.73 Å². The minimum absolute atomic E-state index is 0.190. The normalized spacial score (nSPS) is 10.1. The lowest BCUT2D eigenvalue weighted by Gasteiger charge is -2.23. The molecule has 98 valence electrons. The van der Waals surface area contributed by atoms with Crippen LogP contribution in [0.3, 0.4) is 0 Å². The van der Waals surface area contributed by atoms with Gasteiger partial charge in [0.05, 0.1) is 12.4 Å². The van der Waals surface area contributed by atoms with Crippen LogP contribution in [0.5, 0.6) is 0 Å². The summed E-state index contributed by atoms with van der Waals surface area (Å²) in [5.41, 5.74) is 6.52. The highest BCUT2D eigenvalue weighted by atomic mass is 15.1. The number of amidine groups is 1. The zero-order valence-corrected chi connectivity index (χ0v) is 10.7. The summed E-state index contributed by atoms with van der Waals surface area (Å²) in [5.74, 6) is 0.949. The third kappa shape index (κ3) is 4.06. The second-order valence-electron chi connectivity index (χ2n) is 4.20. The number of aromatic nitrogens is 2.